The molecule has 0 spiro atoms. The number of hydrogen-bond acceptors (Lipinski definition) is 2. The van der Waals surface area contributed by atoms with Crippen LogP contribution in [0.3, 0.4) is 0 Å². The van der Waals surface area contributed by atoms with Gasteiger partial charge in [0.05, 0.1) is 0 Å². The van der Waals surface area contributed by atoms with E-state index in [-0.39, 0.29) is 6.03 Å². The van der Waals surface area contributed by atoms with Crippen molar-refractivity contribution in [3.05, 3.63) is 29.8 Å². The highest BCUT2D eigenvalue weighted by molar-refractivity contribution is 5.89. The predicted molar refractivity (Wildman–Crippen MR) is 77.9 cm³/mol. The van der Waals surface area contributed by atoms with Crippen molar-refractivity contribution >= 4 is 11.7 Å². The van der Waals surface area contributed by atoms with E-state index in [0.29, 0.717) is 12.5 Å². The number of urea groups is 1. The molecule has 0 heterocycles. The summed E-state index contributed by atoms with van der Waals surface area (Å²) >= 11 is 0. The first-order valence-electron chi connectivity index (χ1n) is 7.01. The van der Waals surface area contributed by atoms with Crippen LogP contribution in [0.25, 0.3) is 0 Å². The van der Waals surface area contributed by atoms with Crippen molar-refractivity contribution in [1.29, 1.82) is 0 Å². The van der Waals surface area contributed by atoms with Crippen LogP contribution in [0.4, 0.5) is 10.5 Å². The SMILES string of the molecule is CC1CCC(CNC(=O)Nc2ccc(CN)cc2)C1. The lowest BCUT2D eigenvalue weighted by Gasteiger charge is -2.12. The van der Waals surface area contributed by atoms with Crippen LogP contribution in [-0.4, -0.2) is 12.6 Å². The first-order valence-corrected chi connectivity index (χ1v) is 7.01. The largest absolute Gasteiger partial charge is 0.338 e. The Morgan fingerprint density at radius 2 is 2.05 bits per heavy atom. The molecule has 2 rings (SSSR count). The third kappa shape index (κ3) is 4.24. The van der Waals surface area contributed by atoms with Gasteiger partial charge in [0.1, 0.15) is 0 Å². The Morgan fingerprint density at radius 1 is 1.32 bits per heavy atom. The zero-order valence-corrected chi connectivity index (χ0v) is 11.5. The van der Waals surface area contributed by atoms with Gasteiger partial charge in [-0.1, -0.05) is 25.5 Å². The molecule has 1 saturated carbocycles. The van der Waals surface area contributed by atoms with E-state index in [1.807, 2.05) is 24.3 Å². The van der Waals surface area contributed by atoms with E-state index in [2.05, 4.69) is 17.6 Å². The van der Waals surface area contributed by atoms with Crippen LogP contribution in [0.2, 0.25) is 0 Å². The summed E-state index contributed by atoms with van der Waals surface area (Å²) in [7, 11) is 0. The molecule has 104 valence electrons. The van der Waals surface area contributed by atoms with Crippen LogP contribution in [-0.2, 0) is 6.54 Å². The molecule has 1 fully saturated rings. The molecule has 0 aromatic heterocycles. The molecule has 1 aromatic rings. The summed E-state index contributed by atoms with van der Waals surface area (Å²) in [5.74, 6) is 1.44. The van der Waals surface area contributed by atoms with E-state index in [4.69, 9.17) is 5.73 Å². The van der Waals surface area contributed by atoms with Crippen molar-refractivity contribution < 1.29 is 4.79 Å². The van der Waals surface area contributed by atoms with Gasteiger partial charge in [0.25, 0.3) is 0 Å². The molecular formula is C15H23N3O. The highest BCUT2D eigenvalue weighted by atomic mass is 16.2. The van der Waals surface area contributed by atoms with Gasteiger partial charge in [-0.2, -0.15) is 0 Å². The minimum Gasteiger partial charge on any atom is -0.338 e. The standard InChI is InChI=1S/C15H23N3O/c1-11-2-3-13(8-11)10-17-15(19)18-14-6-4-12(9-16)5-7-14/h4-7,11,13H,2-3,8-10,16H2,1H3,(H2,17,18,19). The van der Waals surface area contributed by atoms with Crippen LogP contribution < -0.4 is 16.4 Å². The van der Waals surface area contributed by atoms with Crippen LogP contribution in [0.1, 0.15) is 31.7 Å². The van der Waals surface area contributed by atoms with Gasteiger partial charge in [-0.3, -0.25) is 0 Å². The molecule has 2 unspecified atom stereocenters. The highest BCUT2D eigenvalue weighted by Gasteiger charge is 2.21. The average Bonchev–Trinajstić information content (AvgIpc) is 2.83. The number of amides is 2. The summed E-state index contributed by atoms with van der Waals surface area (Å²) in [4.78, 5) is 11.8. The maximum Gasteiger partial charge on any atom is 0.319 e. The van der Waals surface area contributed by atoms with Crippen LogP contribution in [0.15, 0.2) is 24.3 Å². The minimum atomic E-state index is -0.125. The summed E-state index contributed by atoms with van der Waals surface area (Å²) in [5.41, 5.74) is 7.39. The van der Waals surface area contributed by atoms with Crippen molar-refractivity contribution in [3.8, 4) is 0 Å². The first kappa shape index (κ1) is 13.9. The Labute approximate surface area is 114 Å². The molecule has 19 heavy (non-hydrogen) atoms. The molecule has 2 amide bonds. The molecule has 1 aromatic carbocycles. The maximum absolute atomic E-state index is 11.8. The van der Waals surface area contributed by atoms with Gasteiger partial charge in [0.2, 0.25) is 0 Å². The van der Waals surface area contributed by atoms with Crippen molar-refractivity contribution in [2.45, 2.75) is 32.7 Å². The normalized spacial score (nSPS) is 22.2. The zero-order chi connectivity index (χ0) is 13.7. The van der Waals surface area contributed by atoms with E-state index in [1.165, 1.54) is 19.3 Å². The van der Waals surface area contributed by atoms with Gasteiger partial charge in [0, 0.05) is 18.8 Å². The van der Waals surface area contributed by atoms with E-state index in [0.717, 1.165) is 23.7 Å². The van der Waals surface area contributed by atoms with Crippen LogP contribution in [0, 0.1) is 11.8 Å². The van der Waals surface area contributed by atoms with Gasteiger partial charge < -0.3 is 16.4 Å². The second kappa shape index (κ2) is 6.57. The second-order valence-corrected chi connectivity index (χ2v) is 5.52. The van der Waals surface area contributed by atoms with Crippen molar-refractivity contribution in [2.24, 2.45) is 17.6 Å². The van der Waals surface area contributed by atoms with E-state index >= 15 is 0 Å². The fourth-order valence-corrected chi connectivity index (χ4v) is 2.65. The third-order valence-corrected chi connectivity index (χ3v) is 3.80. The molecule has 0 bridgehead atoms. The first-order chi connectivity index (χ1) is 9.17. The summed E-state index contributed by atoms with van der Waals surface area (Å²) in [5, 5.41) is 5.79. The van der Waals surface area contributed by atoms with E-state index < -0.39 is 0 Å². The van der Waals surface area contributed by atoms with Gasteiger partial charge in [-0.15, -0.1) is 0 Å². The van der Waals surface area contributed by atoms with Gasteiger partial charge >= 0.3 is 6.03 Å². The molecule has 1 aliphatic rings. The summed E-state index contributed by atoms with van der Waals surface area (Å²) in [6.07, 6.45) is 3.74. The maximum atomic E-state index is 11.8. The van der Waals surface area contributed by atoms with E-state index in [1.54, 1.807) is 0 Å². The summed E-state index contributed by atoms with van der Waals surface area (Å²) in [6.45, 7) is 3.57. The smallest absolute Gasteiger partial charge is 0.319 e. The Balaban J connectivity index is 1.74. The fraction of sp³-hybridized carbons (Fsp3) is 0.533. The Hall–Kier alpha value is -1.55. The number of anilines is 1. The number of nitrogens with two attached hydrogens (primary N) is 1. The molecule has 0 aliphatic heterocycles. The number of carbonyl (C=O) groups is 1. The molecule has 0 saturated heterocycles. The fourth-order valence-electron chi connectivity index (χ4n) is 2.65. The average molecular weight is 261 g/mol. The lowest BCUT2D eigenvalue weighted by atomic mass is 10.1. The number of benzene rings is 1. The molecule has 1 aliphatic carbocycles. The lowest BCUT2D eigenvalue weighted by Crippen LogP contribution is -2.32. The third-order valence-electron chi connectivity index (χ3n) is 3.80. The number of nitrogens with one attached hydrogen (secondary N) is 2. The van der Waals surface area contributed by atoms with Crippen LogP contribution in [0.5, 0.6) is 0 Å². The van der Waals surface area contributed by atoms with Crippen molar-refractivity contribution in [2.75, 3.05) is 11.9 Å². The molecule has 4 N–H and O–H groups in total. The Bertz CT molecular complexity index is 416. The van der Waals surface area contributed by atoms with Crippen molar-refractivity contribution in [3.63, 3.8) is 0 Å². The predicted octanol–water partition coefficient (Wildman–Crippen LogP) is 2.70. The summed E-state index contributed by atoms with van der Waals surface area (Å²) in [6, 6.07) is 7.47. The van der Waals surface area contributed by atoms with Gasteiger partial charge in [-0.05, 0) is 42.4 Å². The lowest BCUT2D eigenvalue weighted by molar-refractivity contribution is 0.250. The summed E-state index contributed by atoms with van der Waals surface area (Å²) < 4.78 is 0. The van der Waals surface area contributed by atoms with Crippen LogP contribution >= 0.6 is 0 Å². The molecule has 4 heteroatoms. The molecule has 4 nitrogen and oxygen atoms in total. The highest BCUT2D eigenvalue weighted by Crippen LogP contribution is 2.29. The molecular weight excluding hydrogens is 238 g/mol. The quantitative estimate of drug-likeness (QED) is 0.780. The topological polar surface area (TPSA) is 67.2 Å². The monoisotopic (exact) mass is 261 g/mol. The number of carbonyl (C=O) groups excluding carboxylic acids is 1. The number of hydrogen-bond donors (Lipinski definition) is 3. The minimum absolute atomic E-state index is 0.125. The van der Waals surface area contributed by atoms with Gasteiger partial charge in [0.15, 0.2) is 0 Å². The Morgan fingerprint density at radius 3 is 2.63 bits per heavy atom. The number of rotatable bonds is 4. The molecule has 2 atom stereocenters. The molecule has 0 radical (unpaired) electrons. The Kier molecular flexibility index (Phi) is 4.80. The van der Waals surface area contributed by atoms with Crippen molar-refractivity contribution in [1.82, 2.24) is 5.32 Å². The van der Waals surface area contributed by atoms with Gasteiger partial charge in [-0.25, -0.2) is 4.79 Å². The zero-order valence-electron chi connectivity index (χ0n) is 11.5. The second-order valence-electron chi connectivity index (χ2n) is 5.52. The van der Waals surface area contributed by atoms with E-state index in [9.17, 15) is 4.79 Å².